The fourth-order valence-corrected chi connectivity index (χ4v) is 3.01. The van der Waals surface area contributed by atoms with E-state index >= 15 is 0 Å². The molecule has 0 spiro atoms. The van der Waals surface area contributed by atoms with Crippen LogP contribution >= 0.6 is 11.3 Å². The van der Waals surface area contributed by atoms with E-state index in [0.29, 0.717) is 23.0 Å². The molecule has 0 aliphatic heterocycles. The van der Waals surface area contributed by atoms with E-state index in [2.05, 4.69) is 36.3 Å². The van der Waals surface area contributed by atoms with E-state index < -0.39 is 0 Å². The Morgan fingerprint density at radius 1 is 1.29 bits per heavy atom. The molecule has 0 amide bonds. The van der Waals surface area contributed by atoms with E-state index in [9.17, 15) is 4.79 Å². The van der Waals surface area contributed by atoms with Crippen molar-refractivity contribution in [1.82, 2.24) is 14.8 Å². The van der Waals surface area contributed by atoms with Crippen LogP contribution < -0.4 is 10.9 Å². The molecule has 1 N–H and O–H groups in total. The Bertz CT molecular complexity index is 660. The van der Waals surface area contributed by atoms with Gasteiger partial charge in [-0.2, -0.15) is 0 Å². The van der Waals surface area contributed by atoms with Crippen LogP contribution in [0.3, 0.4) is 0 Å². The molecule has 0 saturated heterocycles. The van der Waals surface area contributed by atoms with E-state index in [1.165, 1.54) is 11.3 Å². The molecule has 0 aromatic carbocycles. The smallest absolute Gasteiger partial charge is 0.261 e. The number of pyridine rings is 1. The number of aromatic nitrogens is 3. The van der Waals surface area contributed by atoms with E-state index in [1.54, 1.807) is 0 Å². The lowest BCUT2D eigenvalue weighted by molar-refractivity contribution is 0.641. The van der Waals surface area contributed by atoms with Crippen molar-refractivity contribution in [3.63, 3.8) is 0 Å². The van der Waals surface area contributed by atoms with Gasteiger partial charge in [-0.25, -0.2) is 0 Å². The van der Waals surface area contributed by atoms with E-state index in [-0.39, 0.29) is 5.56 Å². The van der Waals surface area contributed by atoms with Crippen LogP contribution in [0, 0.1) is 0 Å². The lowest BCUT2D eigenvalue weighted by Gasteiger charge is -2.14. The Balaban J connectivity index is 2.40. The second-order valence-corrected chi connectivity index (χ2v) is 6.19. The maximum absolute atomic E-state index is 12.6. The molecule has 21 heavy (non-hydrogen) atoms. The highest BCUT2D eigenvalue weighted by Crippen LogP contribution is 2.25. The summed E-state index contributed by atoms with van der Waals surface area (Å²) in [4.78, 5) is 12.6. The van der Waals surface area contributed by atoms with E-state index in [1.807, 2.05) is 23.6 Å². The fraction of sp³-hybridized carbons (Fsp3) is 0.533. The molecule has 0 fully saturated rings. The molecule has 0 aliphatic carbocycles. The maximum atomic E-state index is 12.6. The Labute approximate surface area is 129 Å². The van der Waals surface area contributed by atoms with Gasteiger partial charge in [-0.3, -0.25) is 4.79 Å². The number of anilines is 1. The molecule has 0 radical (unpaired) electrons. The zero-order valence-electron chi connectivity index (χ0n) is 13.0. The maximum Gasteiger partial charge on any atom is 0.261 e. The molecule has 2 aromatic heterocycles. The van der Waals surface area contributed by atoms with Crippen molar-refractivity contribution in [3.8, 4) is 10.6 Å². The Morgan fingerprint density at radius 2 is 2.05 bits per heavy atom. The summed E-state index contributed by atoms with van der Waals surface area (Å²) < 4.78 is 1.82. The quantitative estimate of drug-likeness (QED) is 0.889. The van der Waals surface area contributed by atoms with Crippen LogP contribution in [0.1, 0.15) is 45.7 Å². The topological polar surface area (TPSA) is 59.8 Å². The molecule has 114 valence electrons. The van der Waals surface area contributed by atoms with Gasteiger partial charge in [0.2, 0.25) is 5.13 Å². The summed E-state index contributed by atoms with van der Waals surface area (Å²) in [5.41, 5.74) is 1.70. The Hall–Kier alpha value is -1.69. The first-order valence-electron chi connectivity index (χ1n) is 7.39. The van der Waals surface area contributed by atoms with Gasteiger partial charge in [0.15, 0.2) is 5.01 Å². The summed E-state index contributed by atoms with van der Waals surface area (Å²) in [7, 11) is 0. The molecule has 2 aromatic rings. The van der Waals surface area contributed by atoms with Crippen LogP contribution in [0.15, 0.2) is 16.9 Å². The number of hydrogen-bond acceptors (Lipinski definition) is 5. The first-order valence-corrected chi connectivity index (χ1v) is 8.21. The van der Waals surface area contributed by atoms with Crippen LogP contribution in [0.25, 0.3) is 10.6 Å². The average molecular weight is 306 g/mol. The molecule has 6 heteroatoms. The minimum Gasteiger partial charge on any atom is -0.360 e. The van der Waals surface area contributed by atoms with Gasteiger partial charge in [-0.05, 0) is 31.4 Å². The number of nitrogens with one attached hydrogen (secondary N) is 1. The fourth-order valence-electron chi connectivity index (χ4n) is 2.22. The van der Waals surface area contributed by atoms with E-state index in [4.69, 9.17) is 0 Å². The lowest BCUT2D eigenvalue weighted by Crippen LogP contribution is -2.24. The summed E-state index contributed by atoms with van der Waals surface area (Å²) in [5.74, 6) is 0.322. The third-order valence-electron chi connectivity index (χ3n) is 3.30. The van der Waals surface area contributed by atoms with Gasteiger partial charge < -0.3 is 9.88 Å². The molecular formula is C15H22N4OS. The van der Waals surface area contributed by atoms with Gasteiger partial charge in [0.05, 0.1) is 5.56 Å². The van der Waals surface area contributed by atoms with Crippen LogP contribution in [0.4, 0.5) is 5.13 Å². The highest BCUT2D eigenvalue weighted by Gasteiger charge is 2.15. The normalized spacial score (nSPS) is 11.1. The van der Waals surface area contributed by atoms with Crippen molar-refractivity contribution in [3.05, 3.63) is 28.2 Å². The molecule has 0 atom stereocenters. The summed E-state index contributed by atoms with van der Waals surface area (Å²) in [6.45, 7) is 9.81. The third-order valence-corrected chi connectivity index (χ3v) is 4.21. The van der Waals surface area contributed by atoms with Gasteiger partial charge >= 0.3 is 0 Å². The first kappa shape index (κ1) is 15.7. The predicted octanol–water partition coefficient (Wildman–Crippen LogP) is 3.33. The summed E-state index contributed by atoms with van der Waals surface area (Å²) >= 11 is 1.43. The number of rotatable bonds is 6. The molecular weight excluding hydrogens is 284 g/mol. The van der Waals surface area contributed by atoms with Gasteiger partial charge in [-0.1, -0.05) is 32.1 Å². The summed E-state index contributed by atoms with van der Waals surface area (Å²) in [5, 5.41) is 12.9. The lowest BCUT2D eigenvalue weighted by atomic mass is 10.1. The monoisotopic (exact) mass is 306 g/mol. The Kier molecular flexibility index (Phi) is 5.12. The van der Waals surface area contributed by atoms with Crippen molar-refractivity contribution >= 4 is 16.5 Å². The summed E-state index contributed by atoms with van der Waals surface area (Å²) in [6.07, 6.45) is 1.03. The molecule has 0 aliphatic rings. The number of hydrogen-bond donors (Lipinski definition) is 1. The molecule has 0 unspecified atom stereocenters. The van der Waals surface area contributed by atoms with Crippen LogP contribution in [0.2, 0.25) is 0 Å². The first-order chi connectivity index (χ1) is 10.1. The molecule has 2 rings (SSSR count). The zero-order valence-corrected chi connectivity index (χ0v) is 13.8. The second-order valence-electron chi connectivity index (χ2n) is 5.22. The molecule has 0 bridgehead atoms. The van der Waals surface area contributed by atoms with Gasteiger partial charge in [0, 0.05) is 18.8 Å². The van der Waals surface area contributed by atoms with Crippen molar-refractivity contribution in [2.75, 3.05) is 11.9 Å². The second kappa shape index (κ2) is 6.85. The van der Waals surface area contributed by atoms with Crippen molar-refractivity contribution < 1.29 is 0 Å². The molecule has 0 saturated carbocycles. The minimum atomic E-state index is 0.0156. The SMILES string of the molecule is CCCNc1nnc(-c2ccc(C(C)C)n(CC)c2=O)s1. The van der Waals surface area contributed by atoms with Crippen molar-refractivity contribution in [2.45, 2.75) is 46.6 Å². The highest BCUT2D eigenvalue weighted by molar-refractivity contribution is 7.18. The summed E-state index contributed by atoms with van der Waals surface area (Å²) in [6, 6.07) is 3.89. The largest absolute Gasteiger partial charge is 0.360 e. The predicted molar refractivity (Wildman–Crippen MR) is 88.1 cm³/mol. The standard InChI is InChI=1S/C15H22N4OS/c1-5-9-16-15-18-17-13(21-15)11-7-8-12(10(3)4)19(6-2)14(11)20/h7-8,10H,5-6,9H2,1-4H3,(H,16,18). The minimum absolute atomic E-state index is 0.0156. The van der Waals surface area contributed by atoms with Gasteiger partial charge in [0.25, 0.3) is 5.56 Å². The molecule has 2 heterocycles. The van der Waals surface area contributed by atoms with Crippen LogP contribution in [-0.4, -0.2) is 21.3 Å². The van der Waals surface area contributed by atoms with Crippen molar-refractivity contribution in [2.24, 2.45) is 0 Å². The highest BCUT2D eigenvalue weighted by atomic mass is 32.1. The van der Waals surface area contributed by atoms with Crippen molar-refractivity contribution in [1.29, 1.82) is 0 Å². The average Bonchev–Trinajstić information content (AvgIpc) is 2.93. The number of nitrogens with zero attached hydrogens (tertiary/aromatic N) is 3. The third kappa shape index (κ3) is 3.32. The van der Waals surface area contributed by atoms with Gasteiger partial charge in [0.1, 0.15) is 0 Å². The Morgan fingerprint density at radius 3 is 2.67 bits per heavy atom. The van der Waals surface area contributed by atoms with E-state index in [0.717, 1.165) is 23.8 Å². The van der Waals surface area contributed by atoms with Crippen LogP contribution in [-0.2, 0) is 6.54 Å². The van der Waals surface area contributed by atoms with Crippen LogP contribution in [0.5, 0.6) is 0 Å². The molecule has 5 nitrogen and oxygen atoms in total. The zero-order chi connectivity index (χ0) is 15.4. The van der Waals surface area contributed by atoms with Gasteiger partial charge in [-0.15, -0.1) is 10.2 Å².